The quantitative estimate of drug-likeness (QED) is 0.150. The first kappa shape index (κ1) is 22.4. The van der Waals surface area contributed by atoms with Crippen LogP contribution in [0.15, 0.2) is 36.2 Å². The summed E-state index contributed by atoms with van der Waals surface area (Å²) >= 11 is 0. The molecule has 0 saturated heterocycles. The molecule has 0 aliphatic heterocycles. The van der Waals surface area contributed by atoms with Gasteiger partial charge in [0.2, 0.25) is 5.91 Å². The lowest BCUT2D eigenvalue weighted by Crippen LogP contribution is -2.37. The van der Waals surface area contributed by atoms with Crippen molar-refractivity contribution in [3.8, 4) is 0 Å². The zero-order valence-electron chi connectivity index (χ0n) is 16.0. The summed E-state index contributed by atoms with van der Waals surface area (Å²) < 4.78 is 0. The number of hydrogen-bond acceptors (Lipinski definition) is 7. The van der Waals surface area contributed by atoms with Gasteiger partial charge >= 0.3 is 0 Å². The average Bonchev–Trinajstić information content (AvgIpc) is 2.60. The van der Waals surface area contributed by atoms with Crippen LogP contribution in [-0.4, -0.2) is 35.6 Å². The molecule has 9 heteroatoms. The topological polar surface area (TPSA) is 146 Å². The first-order valence-corrected chi connectivity index (χ1v) is 8.72. The summed E-state index contributed by atoms with van der Waals surface area (Å²) in [7, 11) is 1.80. The largest absolute Gasteiger partial charge is 0.400 e. The van der Waals surface area contributed by atoms with Gasteiger partial charge in [0.05, 0.1) is 6.54 Å². The summed E-state index contributed by atoms with van der Waals surface area (Å²) in [6.07, 6.45) is 1.98. The fourth-order valence-electron chi connectivity index (χ4n) is 2.52. The number of likely N-dealkylation sites (N-methyl/N-ethyl adjacent to an activating group) is 1. The Bertz CT molecular complexity index is 645. The van der Waals surface area contributed by atoms with Crippen LogP contribution in [0.3, 0.4) is 0 Å². The van der Waals surface area contributed by atoms with E-state index in [1.807, 2.05) is 26.0 Å². The van der Waals surface area contributed by atoms with E-state index in [1.165, 1.54) is 5.01 Å². The molecule has 1 aromatic rings. The normalized spacial score (nSPS) is 12.6. The van der Waals surface area contributed by atoms with E-state index in [9.17, 15) is 9.59 Å². The molecule has 0 aliphatic rings. The molecule has 0 heterocycles. The van der Waals surface area contributed by atoms with E-state index < -0.39 is 17.7 Å². The van der Waals surface area contributed by atoms with Gasteiger partial charge in [-0.05, 0) is 37.1 Å². The number of hydrogen-bond donors (Lipinski definition) is 6. The summed E-state index contributed by atoms with van der Waals surface area (Å²) in [6, 6.07) is 7.10. The van der Waals surface area contributed by atoms with Crippen molar-refractivity contribution >= 4 is 17.5 Å². The van der Waals surface area contributed by atoms with Crippen LogP contribution in [0.25, 0.3) is 0 Å². The number of hydroxylamine groups is 1. The number of anilines is 1. The first-order chi connectivity index (χ1) is 12.8. The predicted molar refractivity (Wildman–Crippen MR) is 104 cm³/mol. The maximum absolute atomic E-state index is 12.4. The van der Waals surface area contributed by atoms with Crippen LogP contribution >= 0.6 is 0 Å². The second kappa shape index (κ2) is 11.2. The molecule has 8 N–H and O–H groups in total. The van der Waals surface area contributed by atoms with E-state index in [1.54, 1.807) is 30.9 Å². The molecule has 1 rings (SSSR count). The second-order valence-corrected chi connectivity index (χ2v) is 6.75. The first-order valence-electron chi connectivity index (χ1n) is 8.72. The van der Waals surface area contributed by atoms with Crippen molar-refractivity contribution in [3.05, 3.63) is 41.7 Å². The SMILES string of the molecule is CNC/C(N)=C/N(N)Cc1ccc(NC(=O)C(CC(C)C)C(=O)NO)cc1. The van der Waals surface area contributed by atoms with Gasteiger partial charge in [0.15, 0.2) is 0 Å². The molecule has 1 aromatic carbocycles. The van der Waals surface area contributed by atoms with Crippen LogP contribution in [-0.2, 0) is 16.1 Å². The number of nitrogens with zero attached hydrogens (tertiary/aromatic N) is 1. The Morgan fingerprint density at radius 3 is 2.37 bits per heavy atom. The van der Waals surface area contributed by atoms with E-state index in [0.717, 1.165) is 5.56 Å². The molecule has 150 valence electrons. The highest BCUT2D eigenvalue weighted by Crippen LogP contribution is 2.16. The van der Waals surface area contributed by atoms with Gasteiger partial charge in [0.1, 0.15) is 5.92 Å². The molecular formula is C18H30N6O3. The molecule has 0 radical (unpaired) electrons. The Balaban J connectivity index is 2.71. The molecule has 0 spiro atoms. The minimum atomic E-state index is -0.963. The van der Waals surface area contributed by atoms with E-state index in [2.05, 4.69) is 10.6 Å². The molecule has 2 amide bonds. The number of carbonyl (C=O) groups excluding carboxylic acids is 2. The number of amides is 2. The van der Waals surface area contributed by atoms with Gasteiger partial charge < -0.3 is 21.4 Å². The summed E-state index contributed by atoms with van der Waals surface area (Å²) in [5.74, 6) is 3.88. The van der Waals surface area contributed by atoms with Crippen molar-refractivity contribution < 1.29 is 14.8 Å². The van der Waals surface area contributed by atoms with E-state index in [0.29, 0.717) is 30.9 Å². The molecule has 9 nitrogen and oxygen atoms in total. The average molecular weight is 378 g/mol. The smallest absolute Gasteiger partial charge is 0.255 e. The maximum atomic E-state index is 12.4. The molecule has 0 aliphatic carbocycles. The summed E-state index contributed by atoms with van der Waals surface area (Å²) in [5, 5.41) is 15.9. The third-order valence-electron chi connectivity index (χ3n) is 3.75. The van der Waals surface area contributed by atoms with Crippen molar-refractivity contribution in [2.24, 2.45) is 23.4 Å². The lowest BCUT2D eigenvalue weighted by Gasteiger charge is -2.17. The van der Waals surface area contributed by atoms with Crippen molar-refractivity contribution in [3.63, 3.8) is 0 Å². The number of nitrogens with two attached hydrogens (primary N) is 2. The standard InChI is InChI=1S/C18H30N6O3/c1-12(2)8-16(18(26)23-27)17(25)22-15-6-4-13(5-7-15)10-24(20)11-14(19)9-21-3/h4-7,11-12,16,21,27H,8-10,19-20H2,1-3H3,(H,22,25)(H,23,26)/b14-11-. The number of carbonyl (C=O) groups is 2. The fraction of sp³-hybridized carbons (Fsp3) is 0.444. The van der Waals surface area contributed by atoms with Crippen molar-refractivity contribution in [1.82, 2.24) is 15.8 Å². The molecule has 0 bridgehead atoms. The Morgan fingerprint density at radius 2 is 1.85 bits per heavy atom. The van der Waals surface area contributed by atoms with Gasteiger partial charge in [0.25, 0.3) is 5.91 Å². The van der Waals surface area contributed by atoms with Crippen molar-refractivity contribution in [1.29, 1.82) is 0 Å². The van der Waals surface area contributed by atoms with Gasteiger partial charge in [-0.1, -0.05) is 26.0 Å². The van der Waals surface area contributed by atoms with Gasteiger partial charge in [0, 0.05) is 24.1 Å². The Hall–Kier alpha value is -2.62. The third kappa shape index (κ3) is 8.07. The summed E-state index contributed by atoms with van der Waals surface area (Å²) in [4.78, 5) is 24.1. The highest BCUT2D eigenvalue weighted by atomic mass is 16.5. The monoisotopic (exact) mass is 378 g/mol. The minimum absolute atomic E-state index is 0.124. The lowest BCUT2D eigenvalue weighted by atomic mass is 9.95. The lowest BCUT2D eigenvalue weighted by molar-refractivity contribution is -0.139. The predicted octanol–water partition coefficient (Wildman–Crippen LogP) is 0.488. The van der Waals surface area contributed by atoms with E-state index in [4.69, 9.17) is 16.8 Å². The van der Waals surface area contributed by atoms with Crippen LogP contribution in [0.2, 0.25) is 0 Å². The number of benzene rings is 1. The fourth-order valence-corrected chi connectivity index (χ4v) is 2.52. The highest BCUT2D eigenvalue weighted by Gasteiger charge is 2.27. The van der Waals surface area contributed by atoms with Gasteiger partial charge in [-0.2, -0.15) is 0 Å². The Morgan fingerprint density at radius 1 is 1.22 bits per heavy atom. The molecule has 0 aromatic heterocycles. The van der Waals surface area contributed by atoms with Crippen LogP contribution in [0.4, 0.5) is 5.69 Å². The summed E-state index contributed by atoms with van der Waals surface area (Å²) in [5.41, 5.74) is 9.44. The zero-order valence-corrected chi connectivity index (χ0v) is 16.0. The number of nitrogens with one attached hydrogen (secondary N) is 3. The molecular weight excluding hydrogens is 348 g/mol. The molecule has 0 saturated carbocycles. The second-order valence-electron chi connectivity index (χ2n) is 6.75. The van der Waals surface area contributed by atoms with E-state index in [-0.39, 0.29) is 5.92 Å². The van der Waals surface area contributed by atoms with Crippen LogP contribution in [0.1, 0.15) is 25.8 Å². The molecule has 1 unspecified atom stereocenters. The van der Waals surface area contributed by atoms with Crippen LogP contribution in [0.5, 0.6) is 0 Å². The van der Waals surface area contributed by atoms with Gasteiger partial charge in [-0.3, -0.25) is 14.8 Å². The van der Waals surface area contributed by atoms with E-state index >= 15 is 0 Å². The van der Waals surface area contributed by atoms with Crippen LogP contribution in [0, 0.1) is 11.8 Å². The maximum Gasteiger partial charge on any atom is 0.255 e. The molecule has 27 heavy (non-hydrogen) atoms. The molecule has 1 atom stereocenters. The number of rotatable bonds is 10. The molecule has 0 fully saturated rings. The van der Waals surface area contributed by atoms with Crippen LogP contribution < -0.4 is 27.7 Å². The minimum Gasteiger partial charge on any atom is -0.400 e. The Labute approximate surface area is 159 Å². The summed E-state index contributed by atoms with van der Waals surface area (Å²) in [6.45, 7) is 4.78. The van der Waals surface area contributed by atoms with Gasteiger partial charge in [-0.15, -0.1) is 0 Å². The van der Waals surface area contributed by atoms with Crippen molar-refractivity contribution in [2.45, 2.75) is 26.8 Å². The number of hydrazine groups is 1. The highest BCUT2D eigenvalue weighted by molar-refractivity contribution is 6.06. The Kier molecular flexibility index (Phi) is 9.27. The van der Waals surface area contributed by atoms with Crippen molar-refractivity contribution in [2.75, 3.05) is 18.9 Å². The third-order valence-corrected chi connectivity index (χ3v) is 3.75. The zero-order chi connectivity index (χ0) is 20.4. The van der Waals surface area contributed by atoms with Gasteiger partial charge in [-0.25, -0.2) is 11.3 Å².